The van der Waals surface area contributed by atoms with Crippen LogP contribution in [0, 0.1) is 0 Å². The molecule has 0 heterocycles. The molecule has 2 aromatic rings. The summed E-state index contributed by atoms with van der Waals surface area (Å²) in [6.07, 6.45) is 3.84. The Hall–Kier alpha value is -1.31. The summed E-state index contributed by atoms with van der Waals surface area (Å²) in [6, 6.07) is 14.9. The molecule has 0 aliphatic heterocycles. The molecule has 1 nitrogen and oxygen atoms in total. The van der Waals surface area contributed by atoms with E-state index < -0.39 is 0 Å². The highest BCUT2D eigenvalue weighted by molar-refractivity contribution is 5.85. The second-order valence-corrected chi connectivity index (χ2v) is 4.08. The zero-order chi connectivity index (χ0) is 11.4. The first kappa shape index (κ1) is 13.8. The molecule has 0 saturated heterocycles. The number of halogens is 1. The van der Waals surface area contributed by atoms with Gasteiger partial charge in [-0.25, -0.2) is 0 Å². The van der Waals surface area contributed by atoms with Crippen molar-refractivity contribution >= 4 is 23.2 Å². The van der Waals surface area contributed by atoms with Gasteiger partial charge >= 0.3 is 0 Å². The molecular weight excluding hydrogens is 230 g/mol. The van der Waals surface area contributed by atoms with Gasteiger partial charge in [0.15, 0.2) is 0 Å². The molecular formula is C15H18ClN. The lowest BCUT2D eigenvalue weighted by Gasteiger charge is -2.11. The van der Waals surface area contributed by atoms with Crippen molar-refractivity contribution in [2.24, 2.45) is 5.73 Å². The predicted octanol–water partition coefficient (Wildman–Crippen LogP) is 4.23. The average Bonchev–Trinajstić information content (AvgIpc) is 2.35. The first-order valence-corrected chi connectivity index (χ1v) is 5.66. The minimum Gasteiger partial charge on any atom is -0.324 e. The van der Waals surface area contributed by atoms with Crippen LogP contribution in [0.1, 0.15) is 24.4 Å². The molecule has 0 radical (unpaired) electrons. The zero-order valence-corrected chi connectivity index (χ0v) is 10.6. The molecule has 2 rings (SSSR count). The Bertz CT molecular complexity index is 493. The van der Waals surface area contributed by atoms with Crippen molar-refractivity contribution in [2.45, 2.75) is 18.9 Å². The standard InChI is InChI=1S/C15H17N.ClH/c1-2-3-8-15(16)14-10-9-12-6-4-5-7-13(12)11-14;/h2,4-7,9-11,15H,1,3,8,16H2;1H/t15-;/m1./s1. The van der Waals surface area contributed by atoms with Crippen LogP contribution in [-0.4, -0.2) is 0 Å². The number of nitrogens with two attached hydrogens (primary N) is 1. The molecule has 0 aliphatic carbocycles. The monoisotopic (exact) mass is 247 g/mol. The first-order chi connectivity index (χ1) is 7.81. The quantitative estimate of drug-likeness (QED) is 0.804. The van der Waals surface area contributed by atoms with Gasteiger partial charge in [-0.15, -0.1) is 19.0 Å². The summed E-state index contributed by atoms with van der Waals surface area (Å²) < 4.78 is 0. The lowest BCUT2D eigenvalue weighted by atomic mass is 9.99. The summed E-state index contributed by atoms with van der Waals surface area (Å²) in [5.41, 5.74) is 7.33. The fourth-order valence-corrected chi connectivity index (χ4v) is 1.90. The Balaban J connectivity index is 0.00000144. The molecule has 0 aromatic heterocycles. The van der Waals surface area contributed by atoms with Crippen molar-refractivity contribution in [3.63, 3.8) is 0 Å². The number of allylic oxidation sites excluding steroid dienone is 1. The number of fused-ring (bicyclic) bond motifs is 1. The Labute approximate surface area is 109 Å². The molecule has 0 bridgehead atoms. The van der Waals surface area contributed by atoms with E-state index in [1.54, 1.807) is 0 Å². The van der Waals surface area contributed by atoms with Gasteiger partial charge in [0.2, 0.25) is 0 Å². The summed E-state index contributed by atoms with van der Waals surface area (Å²) in [5.74, 6) is 0. The zero-order valence-electron chi connectivity index (χ0n) is 9.80. The third-order valence-electron chi connectivity index (χ3n) is 2.88. The molecule has 1 atom stereocenters. The van der Waals surface area contributed by atoms with E-state index in [2.05, 4.69) is 49.0 Å². The van der Waals surface area contributed by atoms with Crippen LogP contribution in [0.2, 0.25) is 0 Å². The second kappa shape index (κ2) is 6.43. The van der Waals surface area contributed by atoms with Gasteiger partial charge in [0.25, 0.3) is 0 Å². The first-order valence-electron chi connectivity index (χ1n) is 5.66. The van der Waals surface area contributed by atoms with Gasteiger partial charge in [-0.2, -0.15) is 0 Å². The minimum absolute atomic E-state index is 0. The molecule has 2 aromatic carbocycles. The predicted molar refractivity (Wildman–Crippen MR) is 77.6 cm³/mol. The molecule has 0 saturated carbocycles. The van der Waals surface area contributed by atoms with Crippen LogP contribution >= 0.6 is 12.4 Å². The fraction of sp³-hybridized carbons (Fsp3) is 0.200. The summed E-state index contributed by atoms with van der Waals surface area (Å²) in [5, 5.41) is 2.52. The van der Waals surface area contributed by atoms with Crippen molar-refractivity contribution in [3.8, 4) is 0 Å². The molecule has 0 spiro atoms. The van der Waals surface area contributed by atoms with Crippen LogP contribution < -0.4 is 5.73 Å². The van der Waals surface area contributed by atoms with E-state index in [-0.39, 0.29) is 18.4 Å². The maximum atomic E-state index is 6.12. The average molecular weight is 248 g/mol. The summed E-state index contributed by atoms with van der Waals surface area (Å²) in [4.78, 5) is 0. The van der Waals surface area contributed by atoms with Crippen molar-refractivity contribution in [1.82, 2.24) is 0 Å². The highest BCUT2D eigenvalue weighted by Gasteiger charge is 2.05. The van der Waals surface area contributed by atoms with Crippen LogP contribution in [0.15, 0.2) is 55.1 Å². The highest BCUT2D eigenvalue weighted by atomic mass is 35.5. The Morgan fingerprint density at radius 3 is 2.53 bits per heavy atom. The third kappa shape index (κ3) is 3.32. The van der Waals surface area contributed by atoms with Gasteiger partial charge in [-0.3, -0.25) is 0 Å². The lowest BCUT2D eigenvalue weighted by Crippen LogP contribution is -2.09. The van der Waals surface area contributed by atoms with E-state index in [9.17, 15) is 0 Å². The molecule has 2 heteroatoms. The number of benzene rings is 2. The van der Waals surface area contributed by atoms with Gasteiger partial charge in [-0.1, -0.05) is 42.5 Å². The maximum absolute atomic E-state index is 6.12. The van der Waals surface area contributed by atoms with Crippen molar-refractivity contribution in [3.05, 3.63) is 60.7 Å². The van der Waals surface area contributed by atoms with Gasteiger partial charge in [-0.05, 0) is 35.2 Å². The second-order valence-electron chi connectivity index (χ2n) is 4.08. The third-order valence-corrected chi connectivity index (χ3v) is 2.88. The van der Waals surface area contributed by atoms with Crippen LogP contribution in [0.5, 0.6) is 0 Å². The molecule has 17 heavy (non-hydrogen) atoms. The van der Waals surface area contributed by atoms with E-state index in [0.717, 1.165) is 12.8 Å². The van der Waals surface area contributed by atoms with Crippen LogP contribution in [0.3, 0.4) is 0 Å². The molecule has 2 N–H and O–H groups in total. The van der Waals surface area contributed by atoms with E-state index >= 15 is 0 Å². The summed E-state index contributed by atoms with van der Waals surface area (Å²) in [7, 11) is 0. The highest BCUT2D eigenvalue weighted by Crippen LogP contribution is 2.21. The van der Waals surface area contributed by atoms with Crippen LogP contribution in [-0.2, 0) is 0 Å². The van der Waals surface area contributed by atoms with E-state index in [1.165, 1.54) is 16.3 Å². The Morgan fingerprint density at radius 1 is 1.12 bits per heavy atom. The van der Waals surface area contributed by atoms with Gasteiger partial charge in [0.05, 0.1) is 0 Å². The largest absolute Gasteiger partial charge is 0.324 e. The molecule has 0 amide bonds. The van der Waals surface area contributed by atoms with Crippen molar-refractivity contribution < 1.29 is 0 Å². The smallest absolute Gasteiger partial charge is 0.0298 e. The molecule has 90 valence electrons. The maximum Gasteiger partial charge on any atom is 0.0298 e. The number of rotatable bonds is 4. The SMILES string of the molecule is C=CCC[C@@H](N)c1ccc2ccccc2c1.Cl. The fourth-order valence-electron chi connectivity index (χ4n) is 1.90. The van der Waals surface area contributed by atoms with Crippen LogP contribution in [0.4, 0.5) is 0 Å². The van der Waals surface area contributed by atoms with Crippen molar-refractivity contribution in [1.29, 1.82) is 0 Å². The molecule has 0 aliphatic rings. The Morgan fingerprint density at radius 2 is 1.82 bits per heavy atom. The van der Waals surface area contributed by atoms with Crippen LogP contribution in [0.25, 0.3) is 10.8 Å². The number of hydrogen-bond acceptors (Lipinski definition) is 1. The lowest BCUT2D eigenvalue weighted by molar-refractivity contribution is 0.662. The normalized spacial score (nSPS) is 11.8. The minimum atomic E-state index is 0. The summed E-state index contributed by atoms with van der Waals surface area (Å²) >= 11 is 0. The van der Waals surface area contributed by atoms with Gasteiger partial charge in [0.1, 0.15) is 0 Å². The molecule has 0 fully saturated rings. The van der Waals surface area contributed by atoms with Gasteiger partial charge < -0.3 is 5.73 Å². The van der Waals surface area contributed by atoms with Gasteiger partial charge in [0, 0.05) is 6.04 Å². The van der Waals surface area contributed by atoms with Crippen molar-refractivity contribution in [2.75, 3.05) is 0 Å². The van der Waals surface area contributed by atoms with E-state index in [0.29, 0.717) is 0 Å². The Kier molecular flexibility index (Phi) is 5.20. The number of hydrogen-bond donors (Lipinski definition) is 1. The summed E-state index contributed by atoms with van der Waals surface area (Å²) in [6.45, 7) is 3.72. The molecule has 0 unspecified atom stereocenters. The van der Waals surface area contributed by atoms with E-state index in [4.69, 9.17) is 5.73 Å². The topological polar surface area (TPSA) is 26.0 Å². The van der Waals surface area contributed by atoms with E-state index in [1.807, 2.05) is 6.08 Å².